The number of rotatable bonds is 3. The van der Waals surface area contributed by atoms with Gasteiger partial charge in [-0.3, -0.25) is 4.98 Å². The third-order valence-corrected chi connectivity index (χ3v) is 2.42. The third kappa shape index (κ3) is 1.99. The molecule has 2 heteroatoms. The average molecular weight is 211 g/mol. The fourth-order valence-electron chi connectivity index (χ4n) is 1.56. The van der Waals surface area contributed by atoms with Crippen LogP contribution >= 0.6 is 0 Å². The minimum absolute atomic E-state index is 0.187. The van der Waals surface area contributed by atoms with Crippen LogP contribution < -0.4 is 4.74 Å². The van der Waals surface area contributed by atoms with E-state index in [9.17, 15) is 0 Å². The standard InChI is InChI=1S/C14H13NO/c1-3-12(4-2)16-13-9-5-7-11-8-6-10-15-14(11)13/h1,5-10,12H,4H2,2H3. The number of terminal acetylenes is 1. The highest BCUT2D eigenvalue weighted by molar-refractivity contribution is 5.84. The summed E-state index contributed by atoms with van der Waals surface area (Å²) in [4.78, 5) is 4.31. The van der Waals surface area contributed by atoms with Gasteiger partial charge in [0.05, 0.1) is 0 Å². The topological polar surface area (TPSA) is 22.1 Å². The normalized spacial score (nSPS) is 12.0. The Balaban J connectivity index is 2.41. The Bertz CT molecular complexity index is 522. The first-order chi connectivity index (χ1) is 7.85. The summed E-state index contributed by atoms with van der Waals surface area (Å²) in [6.07, 6.45) is 7.74. The van der Waals surface area contributed by atoms with Crippen molar-refractivity contribution in [1.82, 2.24) is 4.98 Å². The number of hydrogen-bond acceptors (Lipinski definition) is 2. The largest absolute Gasteiger partial charge is 0.475 e. The highest BCUT2D eigenvalue weighted by Gasteiger charge is 2.07. The zero-order valence-electron chi connectivity index (χ0n) is 9.18. The van der Waals surface area contributed by atoms with Crippen LogP contribution in [0.1, 0.15) is 13.3 Å². The maximum Gasteiger partial charge on any atom is 0.158 e. The van der Waals surface area contributed by atoms with E-state index >= 15 is 0 Å². The Morgan fingerprint density at radius 1 is 1.38 bits per heavy atom. The SMILES string of the molecule is C#CC(CC)Oc1cccc2cccnc12. The fraction of sp³-hybridized carbons (Fsp3) is 0.214. The van der Waals surface area contributed by atoms with E-state index in [-0.39, 0.29) is 6.10 Å². The molecule has 0 saturated heterocycles. The van der Waals surface area contributed by atoms with Gasteiger partial charge in [-0.2, -0.15) is 0 Å². The van der Waals surface area contributed by atoms with E-state index in [1.807, 2.05) is 37.3 Å². The van der Waals surface area contributed by atoms with Crippen LogP contribution in [0.2, 0.25) is 0 Å². The second-order valence-electron chi connectivity index (χ2n) is 3.51. The van der Waals surface area contributed by atoms with Gasteiger partial charge in [0.25, 0.3) is 0 Å². The van der Waals surface area contributed by atoms with Gasteiger partial charge in [-0.1, -0.05) is 31.0 Å². The molecule has 0 aliphatic heterocycles. The maximum atomic E-state index is 5.73. The van der Waals surface area contributed by atoms with Gasteiger partial charge in [0.2, 0.25) is 0 Å². The number of benzene rings is 1. The van der Waals surface area contributed by atoms with E-state index in [0.717, 1.165) is 23.1 Å². The lowest BCUT2D eigenvalue weighted by Crippen LogP contribution is -2.12. The molecule has 1 unspecified atom stereocenters. The first-order valence-corrected chi connectivity index (χ1v) is 5.31. The van der Waals surface area contributed by atoms with E-state index in [2.05, 4.69) is 10.9 Å². The van der Waals surface area contributed by atoms with Crippen molar-refractivity contribution in [3.05, 3.63) is 36.5 Å². The van der Waals surface area contributed by atoms with E-state index in [4.69, 9.17) is 11.2 Å². The minimum Gasteiger partial charge on any atom is -0.475 e. The van der Waals surface area contributed by atoms with Gasteiger partial charge in [0.1, 0.15) is 11.3 Å². The van der Waals surface area contributed by atoms with Gasteiger partial charge in [0, 0.05) is 11.6 Å². The lowest BCUT2D eigenvalue weighted by Gasteiger charge is -2.12. The second kappa shape index (κ2) is 4.67. The molecular weight excluding hydrogens is 198 g/mol. The molecule has 1 aromatic heterocycles. The van der Waals surface area contributed by atoms with E-state index in [1.54, 1.807) is 6.20 Å². The molecule has 2 aromatic rings. The van der Waals surface area contributed by atoms with Crippen LogP contribution in [0.5, 0.6) is 5.75 Å². The molecule has 1 aromatic carbocycles. The van der Waals surface area contributed by atoms with Crippen molar-refractivity contribution in [3.8, 4) is 18.1 Å². The van der Waals surface area contributed by atoms with Gasteiger partial charge in [0.15, 0.2) is 6.10 Å². The van der Waals surface area contributed by atoms with Crippen molar-refractivity contribution in [3.63, 3.8) is 0 Å². The lowest BCUT2D eigenvalue weighted by atomic mass is 10.2. The van der Waals surface area contributed by atoms with Crippen molar-refractivity contribution in [2.45, 2.75) is 19.4 Å². The number of ether oxygens (including phenoxy) is 1. The van der Waals surface area contributed by atoms with E-state index in [0.29, 0.717) is 0 Å². The van der Waals surface area contributed by atoms with Gasteiger partial charge in [-0.15, -0.1) is 6.42 Å². The molecule has 2 rings (SSSR count). The molecule has 80 valence electrons. The Morgan fingerprint density at radius 2 is 2.19 bits per heavy atom. The average Bonchev–Trinajstić information content (AvgIpc) is 2.36. The first kappa shape index (κ1) is 10.5. The van der Waals surface area contributed by atoms with Crippen molar-refractivity contribution >= 4 is 10.9 Å². The summed E-state index contributed by atoms with van der Waals surface area (Å²) in [5.74, 6) is 3.37. The van der Waals surface area contributed by atoms with Crippen molar-refractivity contribution < 1.29 is 4.74 Å². The lowest BCUT2D eigenvalue weighted by molar-refractivity contribution is 0.257. The van der Waals surface area contributed by atoms with Crippen LogP contribution in [0.4, 0.5) is 0 Å². The number of nitrogens with zero attached hydrogens (tertiary/aromatic N) is 1. The quantitative estimate of drug-likeness (QED) is 0.728. The minimum atomic E-state index is -0.187. The molecule has 0 spiro atoms. The molecule has 0 N–H and O–H groups in total. The molecule has 1 atom stereocenters. The zero-order chi connectivity index (χ0) is 11.4. The van der Waals surface area contributed by atoms with Crippen LogP contribution in [0.3, 0.4) is 0 Å². The Morgan fingerprint density at radius 3 is 2.94 bits per heavy atom. The van der Waals surface area contributed by atoms with Crippen LogP contribution in [0, 0.1) is 12.3 Å². The van der Waals surface area contributed by atoms with Gasteiger partial charge in [-0.25, -0.2) is 0 Å². The fourth-order valence-corrected chi connectivity index (χ4v) is 1.56. The molecule has 0 saturated carbocycles. The summed E-state index contributed by atoms with van der Waals surface area (Å²) < 4.78 is 5.73. The summed E-state index contributed by atoms with van der Waals surface area (Å²) >= 11 is 0. The van der Waals surface area contributed by atoms with Crippen molar-refractivity contribution in [2.24, 2.45) is 0 Å². The Kier molecular flexibility index (Phi) is 3.07. The predicted octanol–water partition coefficient (Wildman–Crippen LogP) is 3.03. The number of hydrogen-bond donors (Lipinski definition) is 0. The summed E-state index contributed by atoms with van der Waals surface area (Å²) in [6.45, 7) is 2.00. The van der Waals surface area contributed by atoms with Gasteiger partial charge < -0.3 is 4.74 Å². The van der Waals surface area contributed by atoms with Crippen LogP contribution in [0.15, 0.2) is 36.5 Å². The Hall–Kier alpha value is -2.01. The third-order valence-electron chi connectivity index (χ3n) is 2.42. The number of para-hydroxylation sites is 1. The molecule has 0 aliphatic rings. The maximum absolute atomic E-state index is 5.73. The number of pyridine rings is 1. The molecule has 0 aliphatic carbocycles. The van der Waals surface area contributed by atoms with E-state index < -0.39 is 0 Å². The molecule has 2 nitrogen and oxygen atoms in total. The summed E-state index contributed by atoms with van der Waals surface area (Å²) in [5, 5.41) is 1.06. The highest BCUT2D eigenvalue weighted by Crippen LogP contribution is 2.24. The summed E-state index contributed by atoms with van der Waals surface area (Å²) in [7, 11) is 0. The van der Waals surface area contributed by atoms with Crippen LogP contribution in [0.25, 0.3) is 10.9 Å². The van der Waals surface area contributed by atoms with Crippen LogP contribution in [-0.2, 0) is 0 Å². The molecular formula is C14H13NO. The summed E-state index contributed by atoms with van der Waals surface area (Å²) in [6, 6.07) is 9.76. The molecule has 1 heterocycles. The Labute approximate surface area is 95.3 Å². The number of aromatic nitrogens is 1. The molecule has 0 radical (unpaired) electrons. The highest BCUT2D eigenvalue weighted by atomic mass is 16.5. The second-order valence-corrected chi connectivity index (χ2v) is 3.51. The zero-order valence-corrected chi connectivity index (χ0v) is 9.18. The molecule has 0 amide bonds. The molecule has 0 fully saturated rings. The summed E-state index contributed by atoms with van der Waals surface area (Å²) in [5.41, 5.74) is 0.860. The molecule has 0 bridgehead atoms. The molecule has 16 heavy (non-hydrogen) atoms. The van der Waals surface area contributed by atoms with Gasteiger partial charge in [-0.05, 0) is 18.6 Å². The van der Waals surface area contributed by atoms with E-state index in [1.165, 1.54) is 0 Å². The predicted molar refractivity (Wildman–Crippen MR) is 65.3 cm³/mol. The van der Waals surface area contributed by atoms with Gasteiger partial charge >= 0.3 is 0 Å². The monoisotopic (exact) mass is 211 g/mol. The van der Waals surface area contributed by atoms with Crippen molar-refractivity contribution in [1.29, 1.82) is 0 Å². The number of fused-ring (bicyclic) bond motifs is 1. The first-order valence-electron chi connectivity index (χ1n) is 5.31. The van der Waals surface area contributed by atoms with Crippen molar-refractivity contribution in [2.75, 3.05) is 0 Å². The smallest absolute Gasteiger partial charge is 0.158 e. The van der Waals surface area contributed by atoms with Crippen LogP contribution in [-0.4, -0.2) is 11.1 Å².